The highest BCUT2D eigenvalue weighted by Crippen LogP contribution is 2.29. The predicted octanol–water partition coefficient (Wildman–Crippen LogP) is 3.59. The van der Waals surface area contributed by atoms with Gasteiger partial charge in [-0.3, -0.25) is 4.79 Å². The summed E-state index contributed by atoms with van der Waals surface area (Å²) in [6.45, 7) is 7.95. The normalized spacial score (nSPS) is 15.1. The third-order valence-corrected chi connectivity index (χ3v) is 8.00. The molecule has 0 saturated carbocycles. The second-order valence-electron chi connectivity index (χ2n) is 8.52. The van der Waals surface area contributed by atoms with Crippen LogP contribution in [0.2, 0.25) is 0 Å². The first kappa shape index (κ1) is 25.7. The van der Waals surface area contributed by atoms with Gasteiger partial charge >= 0.3 is 5.97 Å². The van der Waals surface area contributed by atoms with Gasteiger partial charge in [-0.25, -0.2) is 13.2 Å². The molecule has 0 bridgehead atoms. The Balaban J connectivity index is 1.59. The first-order chi connectivity index (χ1) is 16.1. The second-order valence-corrected chi connectivity index (χ2v) is 10.4. The molecule has 34 heavy (non-hydrogen) atoms. The van der Waals surface area contributed by atoms with E-state index < -0.39 is 16.0 Å². The number of carbonyl (C=O) groups excluding carboxylic acids is 2. The summed E-state index contributed by atoms with van der Waals surface area (Å²) in [5.41, 5.74) is 3.05. The van der Waals surface area contributed by atoms with E-state index in [0.717, 1.165) is 16.7 Å². The van der Waals surface area contributed by atoms with E-state index in [2.05, 4.69) is 5.32 Å². The number of anilines is 1. The molecule has 1 amide bonds. The van der Waals surface area contributed by atoms with E-state index in [1.54, 1.807) is 31.2 Å². The van der Waals surface area contributed by atoms with Crippen LogP contribution in [0.5, 0.6) is 5.75 Å². The summed E-state index contributed by atoms with van der Waals surface area (Å²) in [5.74, 6) is -0.483. The molecule has 0 aromatic heterocycles. The Hall–Kier alpha value is -2.91. The van der Waals surface area contributed by atoms with Gasteiger partial charge in [-0.1, -0.05) is 23.8 Å². The average Bonchev–Trinajstić information content (AvgIpc) is 2.77. The second kappa shape index (κ2) is 11.0. The molecule has 0 atom stereocenters. The number of hydrogen-bond donors (Lipinski definition) is 1. The summed E-state index contributed by atoms with van der Waals surface area (Å²) in [4.78, 5) is 24.6. The van der Waals surface area contributed by atoms with E-state index in [9.17, 15) is 18.0 Å². The standard InChI is InChI=1S/C25H32N2O6S/c1-5-32-23(28)16-33-22-8-6-7-21(15-22)26-25(29)20-9-11-27(12-10-20)34(30,31)24-18(3)13-17(2)14-19(24)4/h6-8,13-15,20H,5,9-12,16H2,1-4H3,(H,26,29). The molecule has 1 aliphatic rings. The molecule has 8 nitrogen and oxygen atoms in total. The maximum Gasteiger partial charge on any atom is 0.344 e. The number of amides is 1. The van der Waals surface area contributed by atoms with Gasteiger partial charge in [0.2, 0.25) is 15.9 Å². The number of ether oxygens (including phenoxy) is 2. The number of carbonyl (C=O) groups is 2. The Morgan fingerprint density at radius 1 is 1.06 bits per heavy atom. The molecule has 1 heterocycles. The molecule has 0 unspecified atom stereocenters. The first-order valence-electron chi connectivity index (χ1n) is 11.4. The van der Waals surface area contributed by atoms with E-state index in [1.165, 1.54) is 4.31 Å². The summed E-state index contributed by atoms with van der Waals surface area (Å²) in [5, 5.41) is 2.87. The van der Waals surface area contributed by atoms with Crippen LogP contribution in [0, 0.1) is 26.7 Å². The minimum Gasteiger partial charge on any atom is -0.482 e. The van der Waals surface area contributed by atoms with Crippen molar-refractivity contribution in [3.8, 4) is 5.75 Å². The molecule has 0 aliphatic carbocycles. The fraction of sp³-hybridized carbons (Fsp3) is 0.440. The van der Waals surface area contributed by atoms with Crippen molar-refractivity contribution < 1.29 is 27.5 Å². The predicted molar refractivity (Wildman–Crippen MR) is 129 cm³/mol. The van der Waals surface area contributed by atoms with Crippen molar-refractivity contribution in [1.82, 2.24) is 4.31 Å². The van der Waals surface area contributed by atoms with Gasteiger partial charge < -0.3 is 14.8 Å². The van der Waals surface area contributed by atoms with Crippen molar-refractivity contribution in [2.75, 3.05) is 31.6 Å². The average molecular weight is 489 g/mol. The zero-order chi connectivity index (χ0) is 24.9. The number of benzene rings is 2. The Morgan fingerprint density at radius 3 is 2.32 bits per heavy atom. The molecule has 2 aromatic carbocycles. The third kappa shape index (κ3) is 6.15. The first-order valence-corrected chi connectivity index (χ1v) is 12.8. The molecule has 1 saturated heterocycles. The summed E-state index contributed by atoms with van der Waals surface area (Å²) < 4.78 is 38.3. The highest BCUT2D eigenvalue weighted by Gasteiger charge is 2.33. The maximum atomic E-state index is 13.3. The van der Waals surface area contributed by atoms with Crippen LogP contribution in [0.15, 0.2) is 41.3 Å². The highest BCUT2D eigenvalue weighted by molar-refractivity contribution is 7.89. The molecule has 0 spiro atoms. The molecule has 1 aliphatic heterocycles. The SMILES string of the molecule is CCOC(=O)COc1cccc(NC(=O)C2CCN(S(=O)(=O)c3c(C)cc(C)cc3C)CC2)c1. The van der Waals surface area contributed by atoms with Crippen LogP contribution >= 0.6 is 0 Å². The van der Waals surface area contributed by atoms with Gasteiger partial charge in [-0.15, -0.1) is 0 Å². The van der Waals surface area contributed by atoms with Gasteiger partial charge in [-0.05, 0) is 63.8 Å². The zero-order valence-corrected chi connectivity index (χ0v) is 20.9. The van der Waals surface area contributed by atoms with Crippen LogP contribution in [0.1, 0.15) is 36.5 Å². The van der Waals surface area contributed by atoms with E-state index in [-0.39, 0.29) is 38.1 Å². The fourth-order valence-corrected chi connectivity index (χ4v) is 6.20. The van der Waals surface area contributed by atoms with Crippen molar-refractivity contribution in [1.29, 1.82) is 0 Å². The van der Waals surface area contributed by atoms with Gasteiger partial charge in [0.15, 0.2) is 6.61 Å². The van der Waals surface area contributed by atoms with Gasteiger partial charge in [-0.2, -0.15) is 4.31 Å². The number of aryl methyl sites for hydroxylation is 3. The lowest BCUT2D eigenvalue weighted by molar-refractivity contribution is -0.145. The lowest BCUT2D eigenvalue weighted by Crippen LogP contribution is -2.41. The monoisotopic (exact) mass is 488 g/mol. The minimum absolute atomic E-state index is 0.165. The number of nitrogens with one attached hydrogen (secondary N) is 1. The Kier molecular flexibility index (Phi) is 8.33. The molecular formula is C25H32N2O6S. The Bertz CT molecular complexity index is 1130. The van der Waals surface area contributed by atoms with Crippen LogP contribution in [0.3, 0.4) is 0 Å². The van der Waals surface area contributed by atoms with Crippen LogP contribution in [0.4, 0.5) is 5.69 Å². The number of sulfonamides is 1. The number of rotatable bonds is 8. The van der Waals surface area contributed by atoms with Crippen molar-refractivity contribution in [3.05, 3.63) is 53.1 Å². The van der Waals surface area contributed by atoms with Crippen LogP contribution in [-0.4, -0.2) is 50.9 Å². The fourth-order valence-electron chi connectivity index (χ4n) is 4.31. The van der Waals surface area contributed by atoms with Crippen molar-refractivity contribution >= 4 is 27.6 Å². The zero-order valence-electron chi connectivity index (χ0n) is 20.1. The van der Waals surface area contributed by atoms with E-state index in [0.29, 0.717) is 29.2 Å². The van der Waals surface area contributed by atoms with E-state index in [4.69, 9.17) is 9.47 Å². The molecule has 2 aromatic rings. The van der Waals surface area contributed by atoms with E-state index >= 15 is 0 Å². The van der Waals surface area contributed by atoms with Crippen molar-refractivity contribution in [2.45, 2.75) is 45.4 Å². The number of esters is 1. The smallest absolute Gasteiger partial charge is 0.344 e. The van der Waals surface area contributed by atoms with Crippen LogP contribution < -0.4 is 10.1 Å². The molecule has 1 fully saturated rings. The minimum atomic E-state index is -3.62. The van der Waals surface area contributed by atoms with Gasteiger partial charge in [0.1, 0.15) is 5.75 Å². The summed E-state index contributed by atoms with van der Waals surface area (Å²) >= 11 is 0. The highest BCUT2D eigenvalue weighted by atomic mass is 32.2. The summed E-state index contributed by atoms with van der Waals surface area (Å²) in [6.07, 6.45) is 0.877. The van der Waals surface area contributed by atoms with Crippen LogP contribution in [0.25, 0.3) is 0 Å². The van der Waals surface area contributed by atoms with Gasteiger partial charge in [0.25, 0.3) is 0 Å². The molecule has 184 valence electrons. The lowest BCUT2D eigenvalue weighted by atomic mass is 9.97. The molecular weight excluding hydrogens is 456 g/mol. The number of piperidine rings is 1. The lowest BCUT2D eigenvalue weighted by Gasteiger charge is -2.31. The van der Waals surface area contributed by atoms with Crippen LogP contribution in [-0.2, 0) is 24.3 Å². The van der Waals surface area contributed by atoms with Gasteiger partial charge in [0.05, 0.1) is 11.5 Å². The van der Waals surface area contributed by atoms with E-state index in [1.807, 2.05) is 32.9 Å². The van der Waals surface area contributed by atoms with Gasteiger partial charge in [0, 0.05) is 30.8 Å². The Morgan fingerprint density at radius 2 is 1.71 bits per heavy atom. The largest absolute Gasteiger partial charge is 0.482 e. The number of hydrogen-bond acceptors (Lipinski definition) is 6. The molecule has 1 N–H and O–H groups in total. The topological polar surface area (TPSA) is 102 Å². The molecule has 9 heteroatoms. The molecule has 3 rings (SSSR count). The maximum absolute atomic E-state index is 13.3. The summed E-state index contributed by atoms with van der Waals surface area (Å²) in [6, 6.07) is 10.5. The quantitative estimate of drug-likeness (QED) is 0.570. The molecule has 0 radical (unpaired) electrons. The summed E-state index contributed by atoms with van der Waals surface area (Å²) in [7, 11) is -3.62. The number of nitrogens with zero attached hydrogens (tertiary/aromatic N) is 1. The Labute approximate surface area is 201 Å². The third-order valence-electron chi connectivity index (χ3n) is 5.79. The van der Waals surface area contributed by atoms with Crippen molar-refractivity contribution in [3.63, 3.8) is 0 Å². The van der Waals surface area contributed by atoms with Crippen molar-refractivity contribution in [2.24, 2.45) is 5.92 Å².